The monoisotopic (exact) mass is 187 g/mol. The van der Waals surface area contributed by atoms with Crippen LogP contribution in [0.15, 0.2) is 23.1 Å². The summed E-state index contributed by atoms with van der Waals surface area (Å²) in [6, 6.07) is 4.86. The molecule has 0 bridgehead atoms. The third-order valence-electron chi connectivity index (χ3n) is 1.55. The van der Waals surface area contributed by atoms with Crippen molar-refractivity contribution in [2.75, 3.05) is 6.26 Å². The van der Waals surface area contributed by atoms with Crippen LogP contribution in [0.2, 0.25) is 0 Å². The van der Waals surface area contributed by atoms with Crippen molar-refractivity contribution in [1.82, 2.24) is 5.48 Å². The summed E-state index contributed by atoms with van der Waals surface area (Å²) in [5.74, 6) is -0.289. The second kappa shape index (κ2) is 4.45. The van der Waals surface area contributed by atoms with E-state index < -0.39 is 0 Å². The fourth-order valence-electron chi connectivity index (χ4n) is 0.981. The van der Waals surface area contributed by atoms with Gasteiger partial charge in [-0.2, -0.15) is 0 Å². The van der Waals surface area contributed by atoms with E-state index in [4.69, 9.17) is 5.21 Å². The summed E-state index contributed by atoms with van der Waals surface area (Å²) in [6.45, 7) is 0.142. The average Bonchev–Trinajstić information content (AvgIpc) is 2.09. The minimum Gasteiger partial charge on any atom is -0.316 e. The van der Waals surface area contributed by atoms with E-state index in [9.17, 15) is 4.39 Å². The van der Waals surface area contributed by atoms with Gasteiger partial charge in [0.05, 0.1) is 0 Å². The fraction of sp³-hybridized carbons (Fsp3) is 0.250. The van der Waals surface area contributed by atoms with E-state index in [0.717, 1.165) is 4.90 Å². The summed E-state index contributed by atoms with van der Waals surface area (Å²) in [6.07, 6.45) is 1.87. The van der Waals surface area contributed by atoms with Crippen molar-refractivity contribution in [2.45, 2.75) is 11.4 Å². The van der Waals surface area contributed by atoms with E-state index in [2.05, 4.69) is 0 Å². The van der Waals surface area contributed by atoms with Crippen LogP contribution in [0, 0.1) is 5.82 Å². The zero-order valence-corrected chi connectivity index (χ0v) is 7.49. The molecule has 0 amide bonds. The molecular formula is C8H10FNOS. The van der Waals surface area contributed by atoms with Crippen molar-refractivity contribution >= 4 is 11.8 Å². The molecule has 0 radical (unpaired) electrons. The maximum Gasteiger partial charge on any atom is 0.128 e. The lowest BCUT2D eigenvalue weighted by Crippen LogP contribution is -2.08. The third kappa shape index (κ3) is 1.97. The van der Waals surface area contributed by atoms with Crippen LogP contribution in [0.3, 0.4) is 0 Å². The van der Waals surface area contributed by atoms with Crippen LogP contribution >= 0.6 is 11.8 Å². The van der Waals surface area contributed by atoms with Crippen molar-refractivity contribution in [2.24, 2.45) is 0 Å². The van der Waals surface area contributed by atoms with Crippen molar-refractivity contribution in [3.05, 3.63) is 29.6 Å². The van der Waals surface area contributed by atoms with E-state index in [0.29, 0.717) is 5.56 Å². The van der Waals surface area contributed by atoms with Gasteiger partial charge in [0.1, 0.15) is 5.82 Å². The number of hydroxylamine groups is 1. The molecule has 12 heavy (non-hydrogen) atoms. The fourth-order valence-corrected chi connectivity index (χ4v) is 1.61. The molecule has 0 saturated heterocycles. The molecule has 0 atom stereocenters. The van der Waals surface area contributed by atoms with Gasteiger partial charge in [0.2, 0.25) is 0 Å². The van der Waals surface area contributed by atoms with E-state index in [1.807, 2.05) is 17.8 Å². The summed E-state index contributed by atoms with van der Waals surface area (Å²) >= 11 is 1.46. The highest BCUT2D eigenvalue weighted by Gasteiger charge is 2.05. The molecule has 0 unspecified atom stereocenters. The molecule has 0 aliphatic carbocycles. The second-order valence-corrected chi connectivity index (χ2v) is 3.10. The quantitative estimate of drug-likeness (QED) is 0.561. The number of rotatable bonds is 3. The number of hydrogen-bond acceptors (Lipinski definition) is 3. The van der Waals surface area contributed by atoms with Gasteiger partial charge in [-0.05, 0) is 18.4 Å². The highest BCUT2D eigenvalue weighted by molar-refractivity contribution is 7.98. The molecular weight excluding hydrogens is 177 g/mol. The minimum absolute atomic E-state index is 0.142. The molecule has 1 rings (SSSR count). The smallest absolute Gasteiger partial charge is 0.128 e. The van der Waals surface area contributed by atoms with Gasteiger partial charge >= 0.3 is 0 Å². The molecule has 0 heterocycles. The predicted molar refractivity (Wildman–Crippen MR) is 46.8 cm³/mol. The van der Waals surface area contributed by atoms with Crippen LogP contribution < -0.4 is 5.48 Å². The number of benzene rings is 1. The topological polar surface area (TPSA) is 32.3 Å². The number of nitrogens with one attached hydrogen (secondary N) is 1. The molecule has 0 aliphatic rings. The lowest BCUT2D eigenvalue weighted by atomic mass is 10.2. The highest BCUT2D eigenvalue weighted by atomic mass is 32.2. The Hall–Kier alpha value is -0.580. The number of halogens is 1. The first kappa shape index (κ1) is 9.51. The Balaban J connectivity index is 3.02. The van der Waals surface area contributed by atoms with Crippen molar-refractivity contribution in [3.63, 3.8) is 0 Å². The summed E-state index contributed by atoms with van der Waals surface area (Å²) < 4.78 is 13.1. The Morgan fingerprint density at radius 3 is 2.92 bits per heavy atom. The Morgan fingerprint density at radius 1 is 1.58 bits per heavy atom. The van der Waals surface area contributed by atoms with E-state index in [1.54, 1.807) is 6.07 Å². The van der Waals surface area contributed by atoms with Crippen LogP contribution in [0.25, 0.3) is 0 Å². The molecule has 1 aromatic rings. The molecule has 4 heteroatoms. The van der Waals surface area contributed by atoms with Crippen molar-refractivity contribution in [1.29, 1.82) is 0 Å². The Labute approximate surface area is 74.7 Å². The van der Waals surface area contributed by atoms with Gasteiger partial charge in [-0.1, -0.05) is 6.07 Å². The van der Waals surface area contributed by atoms with E-state index in [-0.39, 0.29) is 12.4 Å². The average molecular weight is 187 g/mol. The lowest BCUT2D eigenvalue weighted by Gasteiger charge is -2.06. The molecule has 0 fully saturated rings. The van der Waals surface area contributed by atoms with Crippen LogP contribution in [0.1, 0.15) is 5.56 Å². The Kier molecular flexibility index (Phi) is 3.52. The standard InChI is InChI=1S/C8H10FNOS/c1-12-8-4-2-3-7(9)6(8)5-10-11/h2-4,10-11H,5H2,1H3. The zero-order valence-electron chi connectivity index (χ0n) is 6.67. The van der Waals surface area contributed by atoms with Crippen molar-refractivity contribution in [3.8, 4) is 0 Å². The Bertz CT molecular complexity index is 267. The highest BCUT2D eigenvalue weighted by Crippen LogP contribution is 2.22. The van der Waals surface area contributed by atoms with Gasteiger partial charge in [-0.25, -0.2) is 9.87 Å². The molecule has 2 nitrogen and oxygen atoms in total. The maximum absolute atomic E-state index is 13.1. The second-order valence-electron chi connectivity index (χ2n) is 2.26. The summed E-state index contributed by atoms with van der Waals surface area (Å²) in [5, 5.41) is 8.44. The van der Waals surface area contributed by atoms with Crippen LogP contribution in [-0.4, -0.2) is 11.5 Å². The first-order valence-corrected chi connectivity index (χ1v) is 4.70. The van der Waals surface area contributed by atoms with Gasteiger partial charge in [-0.15, -0.1) is 11.8 Å². The predicted octanol–water partition coefficient (Wildman–Crippen LogP) is 2.03. The van der Waals surface area contributed by atoms with Crippen LogP contribution in [0.5, 0.6) is 0 Å². The molecule has 0 saturated carbocycles. The number of hydrogen-bond donors (Lipinski definition) is 2. The SMILES string of the molecule is CSc1cccc(F)c1CNO. The largest absolute Gasteiger partial charge is 0.316 e. The molecule has 2 N–H and O–H groups in total. The normalized spacial score (nSPS) is 10.2. The van der Waals surface area contributed by atoms with Crippen molar-refractivity contribution < 1.29 is 9.60 Å². The molecule has 0 aromatic heterocycles. The minimum atomic E-state index is -0.289. The first-order chi connectivity index (χ1) is 5.79. The third-order valence-corrected chi connectivity index (χ3v) is 2.37. The molecule has 0 aliphatic heterocycles. The van der Waals surface area contributed by atoms with Gasteiger partial charge in [0.15, 0.2) is 0 Å². The van der Waals surface area contributed by atoms with Gasteiger partial charge in [0.25, 0.3) is 0 Å². The van der Waals surface area contributed by atoms with Crippen LogP contribution in [0.4, 0.5) is 4.39 Å². The maximum atomic E-state index is 13.1. The number of thioether (sulfide) groups is 1. The van der Waals surface area contributed by atoms with Gasteiger partial charge in [0, 0.05) is 17.0 Å². The Morgan fingerprint density at radius 2 is 2.33 bits per heavy atom. The molecule has 66 valence electrons. The molecule has 0 spiro atoms. The molecule has 1 aromatic carbocycles. The van der Waals surface area contributed by atoms with Gasteiger partial charge in [-0.3, -0.25) is 0 Å². The zero-order chi connectivity index (χ0) is 8.97. The van der Waals surface area contributed by atoms with E-state index >= 15 is 0 Å². The lowest BCUT2D eigenvalue weighted by molar-refractivity contribution is 0.159. The summed E-state index contributed by atoms with van der Waals surface area (Å²) in [4.78, 5) is 0.844. The van der Waals surface area contributed by atoms with Gasteiger partial charge < -0.3 is 5.21 Å². The first-order valence-electron chi connectivity index (χ1n) is 3.48. The van der Waals surface area contributed by atoms with Crippen LogP contribution in [-0.2, 0) is 6.54 Å². The summed E-state index contributed by atoms with van der Waals surface area (Å²) in [7, 11) is 0. The summed E-state index contributed by atoms with van der Waals surface area (Å²) in [5.41, 5.74) is 2.45. The van der Waals surface area contributed by atoms with E-state index in [1.165, 1.54) is 17.8 Å².